The Morgan fingerprint density at radius 2 is 1.79 bits per heavy atom. The predicted octanol–water partition coefficient (Wildman–Crippen LogP) is 3.33. The number of rotatable bonds is 4. The van der Waals surface area contributed by atoms with Gasteiger partial charge in [-0.25, -0.2) is 4.79 Å². The van der Waals surface area contributed by atoms with Gasteiger partial charge in [0.2, 0.25) is 11.8 Å². The number of carbonyl (C=O) groups is 3. The first kappa shape index (κ1) is 22.1. The summed E-state index contributed by atoms with van der Waals surface area (Å²) in [5.74, 6) is -2.97. The van der Waals surface area contributed by atoms with Crippen LogP contribution in [0.15, 0.2) is 34.1 Å². The summed E-state index contributed by atoms with van der Waals surface area (Å²) >= 11 is 2.89. The molecule has 2 N–H and O–H groups in total. The molecule has 9 heteroatoms. The van der Waals surface area contributed by atoms with Gasteiger partial charge in [-0.3, -0.25) is 19.3 Å². The minimum atomic E-state index is -1.13. The maximum atomic E-state index is 13.7. The third-order valence-corrected chi connectivity index (χ3v) is 11.0. The van der Waals surface area contributed by atoms with Crippen LogP contribution in [0.2, 0.25) is 0 Å². The number of carboxylic acids is 1. The number of hydrogen-bond acceptors (Lipinski definition) is 6. The van der Waals surface area contributed by atoms with Crippen LogP contribution in [0.4, 0.5) is 0 Å². The van der Waals surface area contributed by atoms with Gasteiger partial charge in [0, 0.05) is 16.0 Å². The Morgan fingerprint density at radius 3 is 2.44 bits per heavy atom. The lowest BCUT2D eigenvalue weighted by Gasteiger charge is -2.43. The average Bonchev–Trinajstić information content (AvgIpc) is 3.49. The third-order valence-electron chi connectivity index (χ3n) is 8.44. The Kier molecular flexibility index (Phi) is 4.91. The molecule has 7 nitrogen and oxygen atoms in total. The van der Waals surface area contributed by atoms with E-state index in [9.17, 15) is 24.3 Å². The molecule has 3 fully saturated rings. The summed E-state index contributed by atoms with van der Waals surface area (Å²) in [6.07, 6.45) is 0.796. The molecule has 8 atom stereocenters. The van der Waals surface area contributed by atoms with Crippen molar-refractivity contribution in [3.8, 4) is 0 Å². The number of amides is 2. The van der Waals surface area contributed by atoms with Crippen molar-refractivity contribution >= 4 is 40.9 Å². The third kappa shape index (κ3) is 2.83. The monoisotopic (exact) mass is 498 g/mol. The average molecular weight is 499 g/mol. The second kappa shape index (κ2) is 7.55. The Bertz CT molecular complexity index is 1280. The van der Waals surface area contributed by atoms with Crippen LogP contribution in [0.3, 0.4) is 0 Å². The number of carbonyl (C=O) groups excluding carboxylic acids is 2. The van der Waals surface area contributed by atoms with Crippen molar-refractivity contribution in [1.29, 1.82) is 0 Å². The first-order chi connectivity index (χ1) is 16.2. The molecule has 34 heavy (non-hydrogen) atoms. The number of nitrogens with zero attached hydrogens (tertiary/aromatic N) is 1. The van der Waals surface area contributed by atoms with E-state index in [4.69, 9.17) is 0 Å². The van der Waals surface area contributed by atoms with Crippen molar-refractivity contribution in [3.63, 3.8) is 0 Å². The van der Waals surface area contributed by atoms with E-state index in [0.717, 1.165) is 32.4 Å². The molecule has 2 aromatic rings. The van der Waals surface area contributed by atoms with Crippen LogP contribution in [-0.2, 0) is 14.4 Å². The topological polar surface area (TPSA) is 108 Å². The number of thiazole rings is 1. The largest absolute Gasteiger partial charge is 0.480 e. The standard InChI is InChI=1S/C25H26N2O5S2/c1-9(2)18(24(30)31)27-22(28)16-12-8-13(17(16)23(27)29)19-15(12)14(11-7-5-4-6-10(11)3)20-21(33-19)26-25(32)34-20/h4-7,9,12-19H,8H2,1-3H3,(H,26,32)(H,30,31)/t12?,13?,14-,15?,16?,17?,18?,19?/m1/s1. The van der Waals surface area contributed by atoms with Crippen molar-refractivity contribution < 1.29 is 19.5 Å². The molecule has 0 spiro atoms. The molecular formula is C25H26N2O5S2. The van der Waals surface area contributed by atoms with Crippen molar-refractivity contribution in [1.82, 2.24) is 9.88 Å². The summed E-state index contributed by atoms with van der Waals surface area (Å²) in [5.41, 5.74) is 2.31. The number of carboxylic acid groups (broad SMARTS) is 1. The SMILES string of the molecule is Cc1ccccc1[C@H]1c2sc(=O)[nH]c2SC2C3CC(C4C(=O)N(C(C(=O)O)C(C)C)C(=O)C34)C21. The zero-order chi connectivity index (χ0) is 24.0. The Morgan fingerprint density at radius 1 is 1.12 bits per heavy atom. The molecule has 2 saturated carbocycles. The number of fused-ring (bicyclic) bond motifs is 9. The highest BCUT2D eigenvalue weighted by atomic mass is 32.2. The van der Waals surface area contributed by atoms with Gasteiger partial charge in [0.1, 0.15) is 6.04 Å². The molecule has 2 amide bonds. The number of benzene rings is 1. The van der Waals surface area contributed by atoms with Gasteiger partial charge in [-0.2, -0.15) is 0 Å². The Balaban J connectivity index is 1.46. The summed E-state index contributed by atoms with van der Waals surface area (Å²) in [7, 11) is 0. The maximum Gasteiger partial charge on any atom is 0.327 e. The van der Waals surface area contributed by atoms with Gasteiger partial charge in [-0.15, -0.1) is 11.8 Å². The van der Waals surface area contributed by atoms with Crippen LogP contribution in [0.5, 0.6) is 0 Å². The second-order valence-corrected chi connectivity index (χ2v) is 12.6. The van der Waals surface area contributed by atoms with Gasteiger partial charge < -0.3 is 10.1 Å². The van der Waals surface area contributed by atoms with E-state index in [1.165, 1.54) is 11.3 Å². The molecule has 1 aromatic heterocycles. The van der Waals surface area contributed by atoms with E-state index >= 15 is 0 Å². The lowest BCUT2D eigenvalue weighted by atomic mass is 9.67. The van der Waals surface area contributed by atoms with Crippen LogP contribution in [0.25, 0.3) is 0 Å². The van der Waals surface area contributed by atoms with Gasteiger partial charge >= 0.3 is 10.8 Å². The molecular weight excluding hydrogens is 472 g/mol. The Hall–Kier alpha value is -2.39. The fourth-order valence-corrected chi connectivity index (χ4v) is 10.2. The normalized spacial score (nSPS) is 34.4. The van der Waals surface area contributed by atoms with Crippen LogP contribution < -0.4 is 4.87 Å². The number of aromatic amines is 1. The molecule has 1 aromatic carbocycles. The number of aryl methyl sites for hydroxylation is 1. The number of thioether (sulfide) groups is 1. The zero-order valence-corrected chi connectivity index (χ0v) is 20.7. The molecule has 4 aliphatic rings. The van der Waals surface area contributed by atoms with E-state index in [1.54, 1.807) is 25.6 Å². The fraction of sp³-hybridized carbons (Fsp3) is 0.520. The number of hydrogen-bond donors (Lipinski definition) is 2. The summed E-state index contributed by atoms with van der Waals surface area (Å²) in [6, 6.07) is 7.06. The summed E-state index contributed by atoms with van der Waals surface area (Å²) in [4.78, 5) is 56.6. The number of H-pyrrole nitrogens is 1. The number of nitrogens with one attached hydrogen (secondary N) is 1. The van der Waals surface area contributed by atoms with Crippen LogP contribution in [0.1, 0.15) is 42.2 Å². The number of likely N-dealkylation sites (tertiary alicyclic amines) is 1. The van der Waals surface area contributed by atoms with E-state index in [0.29, 0.717) is 0 Å². The first-order valence-corrected chi connectivity index (χ1v) is 13.4. The number of aliphatic carboxylic acids is 1. The number of imide groups is 1. The molecule has 1 saturated heterocycles. The molecule has 2 aliphatic heterocycles. The lowest BCUT2D eigenvalue weighted by molar-refractivity contribution is -0.157. The molecule has 7 unspecified atom stereocenters. The van der Waals surface area contributed by atoms with Gasteiger partial charge in [0.05, 0.1) is 16.9 Å². The molecule has 6 rings (SSSR count). The molecule has 3 heterocycles. The Labute approximate surface area is 204 Å². The minimum absolute atomic E-state index is 0.00359. The van der Waals surface area contributed by atoms with E-state index in [2.05, 4.69) is 24.0 Å². The smallest absolute Gasteiger partial charge is 0.327 e. The van der Waals surface area contributed by atoms with Crippen LogP contribution >= 0.6 is 23.1 Å². The van der Waals surface area contributed by atoms with Crippen molar-refractivity contribution in [2.45, 2.75) is 49.4 Å². The highest BCUT2D eigenvalue weighted by Crippen LogP contribution is 2.68. The maximum absolute atomic E-state index is 13.7. The highest BCUT2D eigenvalue weighted by Gasteiger charge is 2.70. The van der Waals surface area contributed by atoms with E-state index < -0.39 is 23.8 Å². The van der Waals surface area contributed by atoms with Crippen molar-refractivity contribution in [3.05, 3.63) is 49.9 Å². The summed E-state index contributed by atoms with van der Waals surface area (Å²) in [6.45, 7) is 5.55. The second-order valence-electron chi connectivity index (χ2n) is 10.4. The zero-order valence-electron chi connectivity index (χ0n) is 19.1. The van der Waals surface area contributed by atoms with E-state index in [1.807, 2.05) is 12.1 Å². The minimum Gasteiger partial charge on any atom is -0.480 e. The van der Waals surface area contributed by atoms with Crippen LogP contribution in [-0.4, -0.2) is 44.1 Å². The molecule has 2 aliphatic carbocycles. The first-order valence-electron chi connectivity index (χ1n) is 11.8. The van der Waals surface area contributed by atoms with Gasteiger partial charge in [0.25, 0.3) is 0 Å². The number of aromatic nitrogens is 1. The van der Waals surface area contributed by atoms with E-state index in [-0.39, 0.29) is 51.5 Å². The lowest BCUT2D eigenvalue weighted by Crippen LogP contribution is -2.49. The van der Waals surface area contributed by atoms with Gasteiger partial charge in [-0.05, 0) is 48.1 Å². The predicted molar refractivity (Wildman–Crippen MR) is 128 cm³/mol. The molecule has 2 bridgehead atoms. The van der Waals surface area contributed by atoms with Crippen LogP contribution in [0, 0.1) is 42.4 Å². The summed E-state index contributed by atoms with van der Waals surface area (Å²) < 4.78 is 0. The fourth-order valence-electron chi connectivity index (χ4n) is 7.29. The quantitative estimate of drug-likeness (QED) is 0.626. The highest BCUT2D eigenvalue weighted by molar-refractivity contribution is 8.00. The molecule has 0 radical (unpaired) electrons. The summed E-state index contributed by atoms with van der Waals surface area (Å²) in [5, 5.41) is 10.8. The van der Waals surface area contributed by atoms with Crippen molar-refractivity contribution in [2.24, 2.45) is 35.5 Å². The molecule has 178 valence electrons. The van der Waals surface area contributed by atoms with Gasteiger partial charge in [-0.1, -0.05) is 49.4 Å². The van der Waals surface area contributed by atoms with Crippen molar-refractivity contribution in [2.75, 3.05) is 0 Å². The van der Waals surface area contributed by atoms with Gasteiger partial charge in [0.15, 0.2) is 0 Å².